The summed E-state index contributed by atoms with van der Waals surface area (Å²) in [6.45, 7) is 7.52. The van der Waals surface area contributed by atoms with Crippen molar-refractivity contribution >= 4 is 15.9 Å². The van der Waals surface area contributed by atoms with Gasteiger partial charge in [0.25, 0.3) is 0 Å². The van der Waals surface area contributed by atoms with Crippen molar-refractivity contribution < 1.29 is 9.84 Å². The normalized spacial score (nSPS) is 11.6. The molecule has 0 saturated heterocycles. The highest BCUT2D eigenvalue weighted by Gasteiger charge is 2.16. The van der Waals surface area contributed by atoms with Crippen molar-refractivity contribution in [3.05, 3.63) is 28.2 Å². The van der Waals surface area contributed by atoms with Gasteiger partial charge in [-0.15, -0.1) is 0 Å². The maximum atomic E-state index is 9.23. The maximum Gasteiger partial charge on any atom is 0.123 e. The molecule has 0 aliphatic heterocycles. The molecule has 0 aromatic heterocycles. The van der Waals surface area contributed by atoms with E-state index in [-0.39, 0.29) is 12.1 Å². The Morgan fingerprint density at radius 2 is 2.11 bits per heavy atom. The molecule has 1 aromatic carbocycles. The number of ether oxygens (including phenoxy) is 1. The minimum Gasteiger partial charge on any atom is -0.493 e. The van der Waals surface area contributed by atoms with Crippen molar-refractivity contribution in [1.29, 1.82) is 0 Å². The molecule has 0 fully saturated rings. The van der Waals surface area contributed by atoms with E-state index in [1.807, 2.05) is 32.0 Å². The van der Waals surface area contributed by atoms with E-state index in [9.17, 15) is 5.11 Å². The Morgan fingerprint density at radius 1 is 1.39 bits per heavy atom. The zero-order valence-electron chi connectivity index (χ0n) is 11.3. The first-order valence-electron chi connectivity index (χ1n) is 6.25. The fourth-order valence-corrected chi connectivity index (χ4v) is 1.84. The van der Waals surface area contributed by atoms with Gasteiger partial charge in [-0.3, -0.25) is 0 Å². The van der Waals surface area contributed by atoms with E-state index in [1.54, 1.807) is 0 Å². The van der Waals surface area contributed by atoms with Gasteiger partial charge < -0.3 is 15.2 Å². The summed E-state index contributed by atoms with van der Waals surface area (Å²) in [5.74, 6) is 0.904. The van der Waals surface area contributed by atoms with Gasteiger partial charge in [0.15, 0.2) is 0 Å². The Labute approximate surface area is 118 Å². The van der Waals surface area contributed by atoms with Gasteiger partial charge in [0.1, 0.15) is 5.75 Å². The van der Waals surface area contributed by atoms with Crippen LogP contribution in [-0.4, -0.2) is 23.9 Å². The lowest BCUT2D eigenvalue weighted by Gasteiger charge is -2.24. The zero-order valence-corrected chi connectivity index (χ0v) is 12.9. The third-order valence-corrected chi connectivity index (χ3v) is 3.13. The maximum absolute atomic E-state index is 9.23. The highest BCUT2D eigenvalue weighted by molar-refractivity contribution is 9.10. The van der Waals surface area contributed by atoms with E-state index in [4.69, 9.17) is 4.74 Å². The molecule has 2 N–H and O–H groups in total. The van der Waals surface area contributed by atoms with Crippen molar-refractivity contribution in [2.75, 3.05) is 13.2 Å². The lowest BCUT2D eigenvalue weighted by molar-refractivity contribution is 0.186. The molecule has 1 rings (SSSR count). The number of halogens is 1. The molecule has 0 unspecified atom stereocenters. The smallest absolute Gasteiger partial charge is 0.123 e. The predicted octanol–water partition coefficient (Wildman–Crippen LogP) is 3.10. The van der Waals surface area contributed by atoms with E-state index in [0.717, 1.165) is 28.8 Å². The van der Waals surface area contributed by atoms with Gasteiger partial charge in [-0.1, -0.05) is 22.9 Å². The first kappa shape index (κ1) is 15.5. The van der Waals surface area contributed by atoms with Crippen LogP contribution in [-0.2, 0) is 6.54 Å². The highest BCUT2D eigenvalue weighted by Crippen LogP contribution is 2.24. The first-order chi connectivity index (χ1) is 8.48. The second kappa shape index (κ2) is 7.12. The zero-order chi connectivity index (χ0) is 13.6. The minimum absolute atomic E-state index is 0.103. The average molecular weight is 316 g/mol. The van der Waals surface area contributed by atoms with Crippen LogP contribution < -0.4 is 10.1 Å². The van der Waals surface area contributed by atoms with Crippen LogP contribution in [0.5, 0.6) is 5.75 Å². The SMILES string of the molecule is CCCOc1ccc(Br)cc1CNC(C)(C)CO. The Morgan fingerprint density at radius 3 is 2.72 bits per heavy atom. The number of hydrogen-bond donors (Lipinski definition) is 2. The van der Waals surface area contributed by atoms with Crippen LogP contribution in [0.1, 0.15) is 32.8 Å². The van der Waals surface area contributed by atoms with Gasteiger partial charge in [0.2, 0.25) is 0 Å². The number of benzene rings is 1. The molecule has 0 radical (unpaired) electrons. The largest absolute Gasteiger partial charge is 0.493 e. The topological polar surface area (TPSA) is 41.5 Å². The Bertz CT molecular complexity index is 380. The van der Waals surface area contributed by atoms with Gasteiger partial charge in [-0.25, -0.2) is 0 Å². The van der Waals surface area contributed by atoms with Crippen LogP contribution in [0.15, 0.2) is 22.7 Å². The van der Waals surface area contributed by atoms with Crippen molar-refractivity contribution in [1.82, 2.24) is 5.32 Å². The molecule has 3 nitrogen and oxygen atoms in total. The second-order valence-electron chi connectivity index (χ2n) is 5.00. The van der Waals surface area contributed by atoms with Gasteiger partial charge >= 0.3 is 0 Å². The number of hydrogen-bond acceptors (Lipinski definition) is 3. The van der Waals surface area contributed by atoms with E-state index >= 15 is 0 Å². The third-order valence-electron chi connectivity index (χ3n) is 2.64. The van der Waals surface area contributed by atoms with Crippen molar-refractivity contribution in [3.63, 3.8) is 0 Å². The average Bonchev–Trinajstić information content (AvgIpc) is 2.35. The molecule has 1 aromatic rings. The standard InChI is InChI=1S/C14H22BrNO2/c1-4-7-18-13-6-5-12(15)8-11(13)9-16-14(2,3)10-17/h5-6,8,16-17H,4,7,9-10H2,1-3H3. The second-order valence-corrected chi connectivity index (χ2v) is 5.91. The lowest BCUT2D eigenvalue weighted by atomic mass is 10.1. The quantitative estimate of drug-likeness (QED) is 0.812. The van der Waals surface area contributed by atoms with E-state index < -0.39 is 0 Å². The number of nitrogens with one attached hydrogen (secondary N) is 1. The lowest BCUT2D eigenvalue weighted by Crippen LogP contribution is -2.42. The molecule has 0 bridgehead atoms. The fourth-order valence-electron chi connectivity index (χ4n) is 1.43. The van der Waals surface area contributed by atoms with Gasteiger partial charge in [-0.2, -0.15) is 0 Å². The summed E-state index contributed by atoms with van der Waals surface area (Å²) in [5.41, 5.74) is 0.809. The molecule has 0 aliphatic carbocycles. The molecule has 18 heavy (non-hydrogen) atoms. The molecular weight excluding hydrogens is 294 g/mol. The third kappa shape index (κ3) is 4.96. The van der Waals surface area contributed by atoms with Crippen LogP contribution in [0.25, 0.3) is 0 Å². The molecule has 4 heteroatoms. The minimum atomic E-state index is -0.287. The van der Waals surface area contributed by atoms with Crippen molar-refractivity contribution in [2.45, 2.75) is 39.3 Å². The summed E-state index contributed by atoms with van der Waals surface area (Å²) in [7, 11) is 0. The molecule has 0 aliphatic rings. The molecule has 0 amide bonds. The van der Waals surface area contributed by atoms with Crippen LogP contribution in [0.3, 0.4) is 0 Å². The summed E-state index contributed by atoms with van der Waals surface area (Å²) in [4.78, 5) is 0. The summed E-state index contributed by atoms with van der Waals surface area (Å²) in [6.07, 6.45) is 0.991. The Kier molecular flexibility index (Phi) is 6.12. The Hall–Kier alpha value is -0.580. The molecule has 0 heterocycles. The van der Waals surface area contributed by atoms with Crippen LogP contribution in [0, 0.1) is 0 Å². The van der Waals surface area contributed by atoms with Gasteiger partial charge in [0, 0.05) is 22.1 Å². The van der Waals surface area contributed by atoms with E-state index in [2.05, 4.69) is 28.2 Å². The van der Waals surface area contributed by atoms with E-state index in [0.29, 0.717) is 6.54 Å². The summed E-state index contributed by atoms with van der Waals surface area (Å²) < 4.78 is 6.75. The predicted molar refractivity (Wildman–Crippen MR) is 77.9 cm³/mol. The number of rotatable bonds is 7. The van der Waals surface area contributed by atoms with Crippen LogP contribution >= 0.6 is 15.9 Å². The van der Waals surface area contributed by atoms with Gasteiger partial charge in [-0.05, 0) is 38.5 Å². The molecule has 0 spiro atoms. The monoisotopic (exact) mass is 315 g/mol. The molecule has 0 saturated carbocycles. The fraction of sp³-hybridized carbons (Fsp3) is 0.571. The van der Waals surface area contributed by atoms with Crippen LogP contribution in [0.2, 0.25) is 0 Å². The molecule has 0 atom stereocenters. The van der Waals surface area contributed by atoms with Crippen molar-refractivity contribution in [2.24, 2.45) is 0 Å². The van der Waals surface area contributed by atoms with E-state index in [1.165, 1.54) is 0 Å². The van der Waals surface area contributed by atoms with Crippen LogP contribution in [0.4, 0.5) is 0 Å². The number of aliphatic hydroxyl groups excluding tert-OH is 1. The summed E-state index contributed by atoms with van der Waals surface area (Å²) in [6, 6.07) is 6.00. The summed E-state index contributed by atoms with van der Waals surface area (Å²) in [5, 5.41) is 12.6. The first-order valence-corrected chi connectivity index (χ1v) is 7.05. The molecular formula is C14H22BrNO2. The Balaban J connectivity index is 2.75. The highest BCUT2D eigenvalue weighted by atomic mass is 79.9. The molecule has 102 valence electrons. The van der Waals surface area contributed by atoms with Gasteiger partial charge in [0.05, 0.1) is 13.2 Å². The number of aliphatic hydroxyl groups is 1. The van der Waals surface area contributed by atoms with Crippen molar-refractivity contribution in [3.8, 4) is 5.75 Å². The summed E-state index contributed by atoms with van der Waals surface area (Å²) >= 11 is 3.47.